The normalized spacial score (nSPS) is 37.4. The van der Waals surface area contributed by atoms with Crippen LogP contribution in [-0.4, -0.2) is 38.5 Å². The van der Waals surface area contributed by atoms with Crippen molar-refractivity contribution in [3.63, 3.8) is 0 Å². The summed E-state index contributed by atoms with van der Waals surface area (Å²) in [6, 6.07) is 0.616. The first-order chi connectivity index (χ1) is 7.18. The van der Waals surface area contributed by atoms with Gasteiger partial charge in [0.2, 0.25) is 0 Å². The Bertz CT molecular complexity index is 218. The second kappa shape index (κ2) is 4.40. The Balaban J connectivity index is 1.77. The largest absolute Gasteiger partial charge is 0.380 e. The molecule has 3 atom stereocenters. The molecule has 0 amide bonds. The highest BCUT2D eigenvalue weighted by molar-refractivity contribution is 5.11. The van der Waals surface area contributed by atoms with Gasteiger partial charge in [0.05, 0.1) is 12.7 Å². The van der Waals surface area contributed by atoms with Crippen LogP contribution in [0.25, 0.3) is 0 Å². The van der Waals surface area contributed by atoms with E-state index in [0.29, 0.717) is 17.6 Å². The van der Waals surface area contributed by atoms with Gasteiger partial charge in [-0.2, -0.15) is 0 Å². The molecule has 1 N–H and O–H groups in total. The molecule has 0 aromatic heterocycles. The van der Waals surface area contributed by atoms with E-state index in [4.69, 9.17) is 9.47 Å². The summed E-state index contributed by atoms with van der Waals surface area (Å²) >= 11 is 0. The Hall–Kier alpha value is -0.120. The Morgan fingerprint density at radius 1 is 1.47 bits per heavy atom. The molecule has 0 spiro atoms. The molecule has 1 saturated carbocycles. The molecule has 1 saturated heterocycles. The third kappa shape index (κ3) is 1.93. The molecular weight excluding hydrogens is 190 g/mol. The van der Waals surface area contributed by atoms with Crippen LogP contribution in [0.1, 0.15) is 27.2 Å². The van der Waals surface area contributed by atoms with Crippen LogP contribution in [0.5, 0.6) is 0 Å². The lowest BCUT2D eigenvalue weighted by Gasteiger charge is -2.55. The van der Waals surface area contributed by atoms with Gasteiger partial charge in [0, 0.05) is 37.1 Å². The van der Waals surface area contributed by atoms with Crippen LogP contribution < -0.4 is 5.32 Å². The molecular formula is C12H23NO2. The smallest absolute Gasteiger partial charge is 0.0685 e. The second-order valence-electron chi connectivity index (χ2n) is 5.19. The average Bonchev–Trinajstić information content (AvgIpc) is 2.64. The molecule has 0 aromatic rings. The number of fused-ring (bicyclic) bond motifs is 1. The van der Waals surface area contributed by atoms with Crippen molar-refractivity contribution in [1.29, 1.82) is 0 Å². The van der Waals surface area contributed by atoms with Crippen LogP contribution in [0.4, 0.5) is 0 Å². The maximum atomic E-state index is 5.75. The quantitative estimate of drug-likeness (QED) is 0.701. The van der Waals surface area contributed by atoms with E-state index in [-0.39, 0.29) is 0 Å². The summed E-state index contributed by atoms with van der Waals surface area (Å²) in [7, 11) is 0. The van der Waals surface area contributed by atoms with E-state index in [0.717, 1.165) is 32.3 Å². The highest BCUT2D eigenvalue weighted by Crippen LogP contribution is 2.51. The van der Waals surface area contributed by atoms with Gasteiger partial charge in [-0.25, -0.2) is 0 Å². The molecule has 2 aliphatic rings. The van der Waals surface area contributed by atoms with Gasteiger partial charge in [0.25, 0.3) is 0 Å². The lowest BCUT2D eigenvalue weighted by atomic mass is 9.57. The fourth-order valence-electron chi connectivity index (χ4n) is 3.17. The minimum absolute atomic E-state index is 0.299. The summed E-state index contributed by atoms with van der Waals surface area (Å²) in [6.07, 6.45) is 1.71. The molecule has 88 valence electrons. The monoisotopic (exact) mass is 213 g/mol. The Kier molecular flexibility index (Phi) is 3.33. The van der Waals surface area contributed by atoms with Gasteiger partial charge in [0.1, 0.15) is 0 Å². The Morgan fingerprint density at radius 3 is 3.00 bits per heavy atom. The van der Waals surface area contributed by atoms with Gasteiger partial charge in [-0.3, -0.25) is 0 Å². The van der Waals surface area contributed by atoms with E-state index in [2.05, 4.69) is 19.2 Å². The fraction of sp³-hybridized carbons (Fsp3) is 1.00. The minimum Gasteiger partial charge on any atom is -0.380 e. The van der Waals surface area contributed by atoms with E-state index in [1.165, 1.54) is 6.42 Å². The van der Waals surface area contributed by atoms with E-state index in [1.807, 2.05) is 6.92 Å². The number of hydrogen-bond acceptors (Lipinski definition) is 3. The predicted molar refractivity (Wildman–Crippen MR) is 59.9 cm³/mol. The first kappa shape index (κ1) is 11.4. The van der Waals surface area contributed by atoms with E-state index >= 15 is 0 Å². The van der Waals surface area contributed by atoms with Crippen LogP contribution in [0, 0.1) is 11.3 Å². The number of ether oxygens (including phenoxy) is 2. The second-order valence-corrected chi connectivity index (χ2v) is 5.19. The number of rotatable bonds is 5. The first-order valence-corrected chi connectivity index (χ1v) is 6.10. The van der Waals surface area contributed by atoms with Crippen LogP contribution in [0.15, 0.2) is 0 Å². The molecule has 0 radical (unpaired) electrons. The zero-order chi connectivity index (χ0) is 10.9. The standard InChI is InChI=1S/C12H23NO2/c1-4-14-8-6-13-10-9-5-7-15-11(9)12(10,2)3/h9-11,13H,4-8H2,1-3H3. The van der Waals surface area contributed by atoms with Crippen molar-refractivity contribution < 1.29 is 9.47 Å². The molecule has 3 heteroatoms. The van der Waals surface area contributed by atoms with Crippen LogP contribution in [0.3, 0.4) is 0 Å². The summed E-state index contributed by atoms with van der Waals surface area (Å²) in [5.41, 5.74) is 0.299. The Labute approximate surface area is 92.5 Å². The van der Waals surface area contributed by atoms with Crippen molar-refractivity contribution in [2.24, 2.45) is 11.3 Å². The minimum atomic E-state index is 0.299. The summed E-state index contributed by atoms with van der Waals surface area (Å²) in [5, 5.41) is 3.61. The summed E-state index contributed by atoms with van der Waals surface area (Å²) in [6.45, 7) is 10.2. The maximum Gasteiger partial charge on any atom is 0.0685 e. The van der Waals surface area contributed by atoms with Crippen molar-refractivity contribution in [2.75, 3.05) is 26.4 Å². The van der Waals surface area contributed by atoms with Gasteiger partial charge in [-0.15, -0.1) is 0 Å². The maximum absolute atomic E-state index is 5.75. The van der Waals surface area contributed by atoms with Crippen molar-refractivity contribution in [3.8, 4) is 0 Å². The van der Waals surface area contributed by atoms with Gasteiger partial charge in [-0.1, -0.05) is 13.8 Å². The van der Waals surface area contributed by atoms with Crippen molar-refractivity contribution >= 4 is 0 Å². The highest BCUT2D eigenvalue weighted by Gasteiger charge is 2.58. The molecule has 3 unspecified atom stereocenters. The SMILES string of the molecule is CCOCCNC1C2CCOC2C1(C)C. The molecule has 15 heavy (non-hydrogen) atoms. The fourth-order valence-corrected chi connectivity index (χ4v) is 3.17. The van der Waals surface area contributed by atoms with Crippen molar-refractivity contribution in [3.05, 3.63) is 0 Å². The zero-order valence-electron chi connectivity index (χ0n) is 10.1. The van der Waals surface area contributed by atoms with Crippen LogP contribution >= 0.6 is 0 Å². The highest BCUT2D eigenvalue weighted by atomic mass is 16.5. The van der Waals surface area contributed by atoms with E-state index in [9.17, 15) is 0 Å². The van der Waals surface area contributed by atoms with Gasteiger partial charge in [-0.05, 0) is 13.3 Å². The zero-order valence-corrected chi connectivity index (χ0v) is 10.1. The first-order valence-electron chi connectivity index (χ1n) is 6.10. The lowest BCUT2D eigenvalue weighted by Crippen LogP contribution is -2.66. The molecule has 0 bridgehead atoms. The molecule has 3 nitrogen and oxygen atoms in total. The van der Waals surface area contributed by atoms with E-state index < -0.39 is 0 Å². The van der Waals surface area contributed by atoms with E-state index in [1.54, 1.807) is 0 Å². The van der Waals surface area contributed by atoms with Crippen molar-refractivity contribution in [1.82, 2.24) is 5.32 Å². The average molecular weight is 213 g/mol. The molecule has 0 aromatic carbocycles. The number of hydrogen-bond donors (Lipinski definition) is 1. The van der Waals surface area contributed by atoms with Gasteiger partial charge >= 0.3 is 0 Å². The summed E-state index contributed by atoms with van der Waals surface area (Å²) in [4.78, 5) is 0. The van der Waals surface area contributed by atoms with Gasteiger partial charge in [0.15, 0.2) is 0 Å². The van der Waals surface area contributed by atoms with Crippen molar-refractivity contribution in [2.45, 2.75) is 39.3 Å². The number of nitrogens with one attached hydrogen (secondary N) is 1. The van der Waals surface area contributed by atoms with Crippen LogP contribution in [-0.2, 0) is 9.47 Å². The third-order valence-electron chi connectivity index (χ3n) is 3.92. The molecule has 2 fully saturated rings. The van der Waals surface area contributed by atoms with Crippen LogP contribution in [0.2, 0.25) is 0 Å². The van der Waals surface area contributed by atoms with Gasteiger partial charge < -0.3 is 14.8 Å². The summed E-state index contributed by atoms with van der Waals surface area (Å²) in [5.74, 6) is 0.738. The molecule has 2 rings (SSSR count). The Morgan fingerprint density at radius 2 is 2.27 bits per heavy atom. The predicted octanol–water partition coefficient (Wildman–Crippen LogP) is 1.43. The topological polar surface area (TPSA) is 30.5 Å². The third-order valence-corrected chi connectivity index (χ3v) is 3.92. The molecule has 1 heterocycles. The summed E-state index contributed by atoms with van der Waals surface area (Å²) < 4.78 is 11.1. The lowest BCUT2D eigenvalue weighted by molar-refractivity contribution is -0.113. The molecule has 1 aliphatic carbocycles. The molecule has 1 aliphatic heterocycles.